The van der Waals surface area contributed by atoms with Crippen molar-refractivity contribution in [1.82, 2.24) is 5.32 Å². The van der Waals surface area contributed by atoms with E-state index in [9.17, 15) is 9.59 Å². The number of allylic oxidation sites excluding steroid dienone is 2. The third kappa shape index (κ3) is 4.79. The van der Waals surface area contributed by atoms with Crippen LogP contribution in [0.4, 0.5) is 0 Å². The molecule has 1 fully saturated rings. The smallest absolute Gasteiger partial charge is 0.221 e. The van der Waals surface area contributed by atoms with Crippen LogP contribution in [0.1, 0.15) is 56.1 Å². The predicted octanol–water partition coefficient (Wildman–Crippen LogP) is 3.00. The maximum Gasteiger partial charge on any atom is 0.221 e. The quantitative estimate of drug-likeness (QED) is 0.801. The normalized spacial score (nSPS) is 22.2. The van der Waals surface area contributed by atoms with E-state index in [0.717, 1.165) is 32.1 Å². The van der Waals surface area contributed by atoms with E-state index in [1.807, 2.05) is 6.07 Å². The highest BCUT2D eigenvalue weighted by molar-refractivity contribution is 5.92. The van der Waals surface area contributed by atoms with Gasteiger partial charge in [0, 0.05) is 31.8 Å². The highest BCUT2D eigenvalue weighted by atomic mass is 16.1. The first-order chi connectivity index (χ1) is 12.2. The Morgan fingerprint density at radius 3 is 2.64 bits per heavy atom. The molecule has 4 heteroatoms. The van der Waals surface area contributed by atoms with E-state index in [-0.39, 0.29) is 11.9 Å². The molecule has 25 heavy (non-hydrogen) atoms. The van der Waals surface area contributed by atoms with E-state index in [0.29, 0.717) is 37.5 Å². The van der Waals surface area contributed by atoms with Gasteiger partial charge in [0.2, 0.25) is 5.91 Å². The molecule has 0 heterocycles. The Labute approximate surface area is 149 Å². The molecule has 0 spiro atoms. The topological polar surface area (TPSA) is 72.2 Å². The molecule has 2 aliphatic rings. The molecule has 0 unspecified atom stereocenters. The third-order valence-corrected chi connectivity index (χ3v) is 5.42. The molecule has 1 aromatic carbocycles. The Morgan fingerprint density at radius 1 is 1.12 bits per heavy atom. The number of benzene rings is 1. The van der Waals surface area contributed by atoms with Crippen molar-refractivity contribution < 1.29 is 9.59 Å². The monoisotopic (exact) mass is 340 g/mol. The molecule has 3 N–H and O–H groups in total. The molecular formula is C21H28N2O2. The number of fused-ring (bicyclic) bond motifs is 1. The third-order valence-electron chi connectivity index (χ3n) is 5.42. The highest BCUT2D eigenvalue weighted by Crippen LogP contribution is 2.32. The standard InChI is InChI=1S/C21H28N2O2/c22-12-11-21(25)23-18-9-5-15(6-10-18)13-19(24)14-17-8-7-16-3-1-2-4-20(16)17/h1-4,8,15,18H,5-7,9-14,22H2,(H,23,25). The number of ketones is 1. The summed E-state index contributed by atoms with van der Waals surface area (Å²) in [6, 6.07) is 8.63. The summed E-state index contributed by atoms with van der Waals surface area (Å²) in [7, 11) is 0. The second kappa shape index (κ2) is 8.43. The summed E-state index contributed by atoms with van der Waals surface area (Å²) in [5.41, 5.74) is 9.19. The van der Waals surface area contributed by atoms with Gasteiger partial charge in [-0.15, -0.1) is 0 Å². The Hall–Kier alpha value is -1.94. The number of carbonyl (C=O) groups excluding carboxylic acids is 2. The fraction of sp³-hybridized carbons (Fsp3) is 0.524. The molecule has 1 saturated carbocycles. The number of Topliss-reactive ketones (excluding diaryl/α,β-unsaturated/α-hetero) is 1. The van der Waals surface area contributed by atoms with Gasteiger partial charge in [-0.3, -0.25) is 9.59 Å². The summed E-state index contributed by atoms with van der Waals surface area (Å²) < 4.78 is 0. The van der Waals surface area contributed by atoms with Crippen molar-refractivity contribution in [3.63, 3.8) is 0 Å². The van der Waals surface area contributed by atoms with Crippen molar-refractivity contribution in [2.24, 2.45) is 11.7 Å². The molecule has 0 saturated heterocycles. The number of amides is 1. The second-order valence-electron chi connectivity index (χ2n) is 7.33. The average molecular weight is 340 g/mol. The number of rotatable bonds is 7. The second-order valence-corrected chi connectivity index (χ2v) is 7.33. The number of nitrogens with one attached hydrogen (secondary N) is 1. The van der Waals surface area contributed by atoms with Crippen LogP contribution in [0.2, 0.25) is 0 Å². The molecule has 0 atom stereocenters. The van der Waals surface area contributed by atoms with Crippen LogP contribution in [0, 0.1) is 5.92 Å². The number of hydrogen-bond acceptors (Lipinski definition) is 3. The fourth-order valence-corrected chi connectivity index (χ4v) is 4.07. The van der Waals surface area contributed by atoms with Crippen molar-refractivity contribution in [2.45, 2.75) is 57.4 Å². The van der Waals surface area contributed by atoms with Crippen molar-refractivity contribution >= 4 is 17.3 Å². The lowest BCUT2D eigenvalue weighted by Crippen LogP contribution is -2.38. The highest BCUT2D eigenvalue weighted by Gasteiger charge is 2.25. The van der Waals surface area contributed by atoms with Gasteiger partial charge in [0.1, 0.15) is 5.78 Å². The minimum absolute atomic E-state index is 0.0499. The Kier molecular flexibility index (Phi) is 6.03. The summed E-state index contributed by atoms with van der Waals surface area (Å²) >= 11 is 0. The van der Waals surface area contributed by atoms with E-state index in [1.165, 1.54) is 16.7 Å². The van der Waals surface area contributed by atoms with E-state index in [1.54, 1.807) is 0 Å². The van der Waals surface area contributed by atoms with Gasteiger partial charge >= 0.3 is 0 Å². The Balaban J connectivity index is 1.42. The lowest BCUT2D eigenvalue weighted by atomic mass is 9.82. The molecule has 1 aromatic rings. The van der Waals surface area contributed by atoms with Crippen LogP contribution in [0.25, 0.3) is 5.57 Å². The fourth-order valence-electron chi connectivity index (χ4n) is 4.07. The van der Waals surface area contributed by atoms with Crippen LogP contribution >= 0.6 is 0 Å². The summed E-state index contributed by atoms with van der Waals surface area (Å²) in [5, 5.41) is 3.05. The first-order valence-corrected chi connectivity index (χ1v) is 9.44. The van der Waals surface area contributed by atoms with Crippen LogP contribution in [-0.2, 0) is 16.0 Å². The largest absolute Gasteiger partial charge is 0.353 e. The zero-order chi connectivity index (χ0) is 17.6. The van der Waals surface area contributed by atoms with Crippen LogP contribution in [0.15, 0.2) is 30.3 Å². The van der Waals surface area contributed by atoms with Gasteiger partial charge in [-0.05, 0) is 54.7 Å². The van der Waals surface area contributed by atoms with Crippen LogP contribution in [0.5, 0.6) is 0 Å². The van der Waals surface area contributed by atoms with Crippen molar-refractivity contribution in [2.75, 3.05) is 6.54 Å². The van der Waals surface area contributed by atoms with Gasteiger partial charge < -0.3 is 11.1 Å². The lowest BCUT2D eigenvalue weighted by Gasteiger charge is -2.28. The maximum atomic E-state index is 12.5. The van der Waals surface area contributed by atoms with Crippen molar-refractivity contribution in [3.05, 3.63) is 41.5 Å². The number of hydrogen-bond donors (Lipinski definition) is 2. The minimum Gasteiger partial charge on any atom is -0.353 e. The number of nitrogens with two attached hydrogens (primary N) is 1. The van der Waals surface area contributed by atoms with Gasteiger partial charge in [-0.25, -0.2) is 0 Å². The van der Waals surface area contributed by atoms with E-state index >= 15 is 0 Å². The molecule has 0 aromatic heterocycles. The first-order valence-electron chi connectivity index (χ1n) is 9.44. The van der Waals surface area contributed by atoms with E-state index in [2.05, 4.69) is 29.6 Å². The van der Waals surface area contributed by atoms with Gasteiger partial charge in [-0.2, -0.15) is 0 Å². The summed E-state index contributed by atoms with van der Waals surface area (Å²) in [4.78, 5) is 24.1. The molecular weight excluding hydrogens is 312 g/mol. The minimum atomic E-state index is 0.0499. The van der Waals surface area contributed by atoms with Gasteiger partial charge in [0.25, 0.3) is 0 Å². The zero-order valence-corrected chi connectivity index (χ0v) is 14.8. The van der Waals surface area contributed by atoms with Gasteiger partial charge in [0.05, 0.1) is 0 Å². The Bertz CT molecular complexity index is 658. The zero-order valence-electron chi connectivity index (χ0n) is 14.8. The first kappa shape index (κ1) is 17.9. The predicted molar refractivity (Wildman–Crippen MR) is 99.9 cm³/mol. The molecule has 2 aliphatic carbocycles. The summed E-state index contributed by atoms with van der Waals surface area (Å²) in [6.45, 7) is 0.397. The van der Waals surface area contributed by atoms with Crippen molar-refractivity contribution in [1.29, 1.82) is 0 Å². The molecule has 0 radical (unpaired) electrons. The van der Waals surface area contributed by atoms with E-state index < -0.39 is 0 Å². The molecule has 0 aliphatic heterocycles. The van der Waals surface area contributed by atoms with E-state index in [4.69, 9.17) is 5.73 Å². The van der Waals surface area contributed by atoms with Gasteiger partial charge in [-0.1, -0.05) is 30.3 Å². The molecule has 4 nitrogen and oxygen atoms in total. The summed E-state index contributed by atoms with van der Waals surface area (Å²) in [5.74, 6) is 0.861. The van der Waals surface area contributed by atoms with Gasteiger partial charge in [0.15, 0.2) is 0 Å². The lowest BCUT2D eigenvalue weighted by molar-refractivity contribution is -0.122. The molecule has 134 valence electrons. The SMILES string of the molecule is NCCC(=O)NC1CCC(CC(=O)CC2=CCc3ccccc32)CC1. The summed E-state index contributed by atoms with van der Waals surface area (Å²) in [6.07, 6.45) is 8.77. The van der Waals surface area contributed by atoms with Crippen LogP contribution < -0.4 is 11.1 Å². The number of carbonyl (C=O) groups is 2. The van der Waals surface area contributed by atoms with Crippen LogP contribution in [-0.4, -0.2) is 24.3 Å². The Morgan fingerprint density at radius 2 is 1.88 bits per heavy atom. The molecule has 3 rings (SSSR count). The maximum absolute atomic E-state index is 12.5. The van der Waals surface area contributed by atoms with Crippen LogP contribution in [0.3, 0.4) is 0 Å². The molecule has 1 amide bonds. The average Bonchev–Trinajstić information content (AvgIpc) is 3.00. The molecule has 0 bridgehead atoms. The van der Waals surface area contributed by atoms with Crippen molar-refractivity contribution in [3.8, 4) is 0 Å².